The normalized spacial score (nSPS) is 26.3. The first-order chi connectivity index (χ1) is 7.25. The van der Waals surface area contributed by atoms with Crippen molar-refractivity contribution in [3.05, 3.63) is 22.4 Å². The zero-order valence-electron chi connectivity index (χ0n) is 9.57. The molecule has 3 heteroatoms. The fourth-order valence-corrected chi connectivity index (χ4v) is 2.90. The van der Waals surface area contributed by atoms with Gasteiger partial charge < -0.3 is 10.2 Å². The van der Waals surface area contributed by atoms with Crippen molar-refractivity contribution in [1.82, 2.24) is 10.2 Å². The lowest BCUT2D eigenvalue weighted by molar-refractivity contribution is 0.271. The van der Waals surface area contributed by atoms with Crippen molar-refractivity contribution in [2.24, 2.45) is 5.92 Å². The Labute approximate surface area is 96.3 Å². The molecule has 0 aliphatic carbocycles. The summed E-state index contributed by atoms with van der Waals surface area (Å²) >= 11 is 1.78. The average Bonchev–Trinajstić information content (AvgIpc) is 2.79. The third kappa shape index (κ3) is 3.03. The first kappa shape index (κ1) is 11.1. The van der Waals surface area contributed by atoms with Crippen molar-refractivity contribution in [3.8, 4) is 0 Å². The lowest BCUT2D eigenvalue weighted by atomic mass is 10.0. The van der Waals surface area contributed by atoms with Crippen molar-refractivity contribution >= 4 is 11.3 Å². The van der Waals surface area contributed by atoms with Crippen LogP contribution in [0.2, 0.25) is 0 Å². The summed E-state index contributed by atoms with van der Waals surface area (Å²) in [6, 6.07) is 2.90. The molecule has 84 valence electrons. The van der Waals surface area contributed by atoms with Crippen molar-refractivity contribution < 1.29 is 0 Å². The summed E-state index contributed by atoms with van der Waals surface area (Å²) in [5, 5.41) is 7.97. The molecule has 1 aromatic rings. The van der Waals surface area contributed by atoms with E-state index in [4.69, 9.17) is 0 Å². The van der Waals surface area contributed by atoms with Crippen LogP contribution in [-0.4, -0.2) is 31.1 Å². The fourth-order valence-electron chi connectivity index (χ4n) is 2.24. The minimum Gasteiger partial charge on any atom is -0.312 e. The maximum absolute atomic E-state index is 3.58. The van der Waals surface area contributed by atoms with Crippen molar-refractivity contribution in [1.29, 1.82) is 0 Å². The van der Waals surface area contributed by atoms with Gasteiger partial charge in [0.25, 0.3) is 0 Å². The second-order valence-electron chi connectivity index (χ2n) is 4.65. The molecule has 1 N–H and O–H groups in total. The van der Waals surface area contributed by atoms with E-state index in [0.717, 1.165) is 19.0 Å². The number of thiophene rings is 1. The van der Waals surface area contributed by atoms with E-state index < -0.39 is 0 Å². The molecular weight excluding hydrogens is 204 g/mol. The number of nitrogens with zero attached hydrogens (tertiary/aromatic N) is 1. The largest absolute Gasteiger partial charge is 0.312 e. The fraction of sp³-hybridized carbons (Fsp3) is 0.667. The van der Waals surface area contributed by atoms with E-state index in [9.17, 15) is 0 Å². The van der Waals surface area contributed by atoms with Crippen LogP contribution in [0.1, 0.15) is 18.9 Å². The summed E-state index contributed by atoms with van der Waals surface area (Å²) < 4.78 is 0. The van der Waals surface area contributed by atoms with Gasteiger partial charge in [-0.2, -0.15) is 11.3 Å². The second kappa shape index (κ2) is 5.10. The van der Waals surface area contributed by atoms with E-state index in [1.165, 1.54) is 18.5 Å². The summed E-state index contributed by atoms with van der Waals surface area (Å²) in [6.07, 6.45) is 1.33. The van der Waals surface area contributed by atoms with E-state index in [0.29, 0.717) is 6.04 Å². The molecule has 1 saturated heterocycles. The van der Waals surface area contributed by atoms with Gasteiger partial charge >= 0.3 is 0 Å². The molecule has 2 heterocycles. The van der Waals surface area contributed by atoms with Gasteiger partial charge in [0, 0.05) is 19.1 Å². The van der Waals surface area contributed by atoms with Gasteiger partial charge in [-0.05, 0) is 48.3 Å². The molecule has 1 aliphatic rings. The monoisotopic (exact) mass is 224 g/mol. The predicted octanol–water partition coefficient (Wildman–Crippen LogP) is 2.18. The zero-order valence-corrected chi connectivity index (χ0v) is 10.4. The summed E-state index contributed by atoms with van der Waals surface area (Å²) in [6.45, 7) is 5.78. The van der Waals surface area contributed by atoms with Gasteiger partial charge in [0.15, 0.2) is 0 Å². The average molecular weight is 224 g/mol. The molecular formula is C12H20N2S. The van der Waals surface area contributed by atoms with Crippen LogP contribution < -0.4 is 5.32 Å². The van der Waals surface area contributed by atoms with Gasteiger partial charge in [-0.3, -0.25) is 0 Å². The van der Waals surface area contributed by atoms with Crippen LogP contribution in [0, 0.1) is 5.92 Å². The second-order valence-corrected chi connectivity index (χ2v) is 5.43. The van der Waals surface area contributed by atoms with Gasteiger partial charge in [-0.25, -0.2) is 0 Å². The van der Waals surface area contributed by atoms with Crippen LogP contribution in [0.3, 0.4) is 0 Å². The first-order valence-corrected chi connectivity index (χ1v) is 6.63. The highest BCUT2D eigenvalue weighted by atomic mass is 32.1. The number of likely N-dealkylation sites (N-methyl/N-ethyl adjacent to an activating group) is 1. The van der Waals surface area contributed by atoms with E-state index in [1.54, 1.807) is 11.3 Å². The van der Waals surface area contributed by atoms with Crippen LogP contribution in [0.5, 0.6) is 0 Å². The molecule has 1 aliphatic heterocycles. The van der Waals surface area contributed by atoms with Crippen molar-refractivity contribution in [2.45, 2.75) is 25.9 Å². The highest BCUT2D eigenvalue weighted by molar-refractivity contribution is 7.07. The SMILES string of the molecule is CC1CCNC1CN(C)Cc1ccsc1. The molecule has 1 fully saturated rings. The molecule has 0 bridgehead atoms. The topological polar surface area (TPSA) is 15.3 Å². The molecule has 2 unspecified atom stereocenters. The Kier molecular flexibility index (Phi) is 3.78. The molecule has 2 nitrogen and oxygen atoms in total. The molecule has 2 rings (SSSR count). The molecule has 0 spiro atoms. The number of hydrogen-bond donors (Lipinski definition) is 1. The van der Waals surface area contributed by atoms with Crippen LogP contribution in [0.25, 0.3) is 0 Å². The standard InChI is InChI=1S/C12H20N2S/c1-10-3-5-13-12(10)8-14(2)7-11-4-6-15-9-11/h4,6,9-10,12-13H,3,5,7-8H2,1-2H3. The van der Waals surface area contributed by atoms with Crippen molar-refractivity contribution in [3.63, 3.8) is 0 Å². The van der Waals surface area contributed by atoms with Gasteiger partial charge in [0.1, 0.15) is 0 Å². The highest BCUT2D eigenvalue weighted by Crippen LogP contribution is 2.16. The van der Waals surface area contributed by atoms with Crippen molar-refractivity contribution in [2.75, 3.05) is 20.1 Å². The minimum atomic E-state index is 0.689. The zero-order chi connectivity index (χ0) is 10.7. The van der Waals surface area contributed by atoms with Crippen LogP contribution in [0.4, 0.5) is 0 Å². The predicted molar refractivity (Wildman–Crippen MR) is 66.2 cm³/mol. The van der Waals surface area contributed by atoms with Gasteiger partial charge in [-0.15, -0.1) is 0 Å². The molecule has 0 amide bonds. The Balaban J connectivity index is 1.79. The lowest BCUT2D eigenvalue weighted by Crippen LogP contribution is -2.37. The third-order valence-corrected chi connectivity index (χ3v) is 3.97. The van der Waals surface area contributed by atoms with Gasteiger partial charge in [-0.1, -0.05) is 6.92 Å². The molecule has 1 aromatic heterocycles. The maximum Gasteiger partial charge on any atom is 0.0239 e. The van der Waals surface area contributed by atoms with Gasteiger partial charge in [0.2, 0.25) is 0 Å². The minimum absolute atomic E-state index is 0.689. The van der Waals surface area contributed by atoms with Crippen LogP contribution in [-0.2, 0) is 6.54 Å². The lowest BCUT2D eigenvalue weighted by Gasteiger charge is -2.23. The van der Waals surface area contributed by atoms with E-state index in [2.05, 4.69) is 41.0 Å². The molecule has 2 atom stereocenters. The summed E-state index contributed by atoms with van der Waals surface area (Å²) in [4.78, 5) is 2.42. The molecule has 0 radical (unpaired) electrons. The Hall–Kier alpha value is -0.380. The maximum atomic E-state index is 3.58. The summed E-state index contributed by atoms with van der Waals surface area (Å²) in [5.41, 5.74) is 1.44. The number of hydrogen-bond acceptors (Lipinski definition) is 3. The Morgan fingerprint density at radius 1 is 1.60 bits per heavy atom. The van der Waals surface area contributed by atoms with E-state index >= 15 is 0 Å². The van der Waals surface area contributed by atoms with Crippen LogP contribution in [0.15, 0.2) is 16.8 Å². The van der Waals surface area contributed by atoms with Gasteiger partial charge in [0.05, 0.1) is 0 Å². The summed E-state index contributed by atoms with van der Waals surface area (Å²) in [5.74, 6) is 0.829. The Morgan fingerprint density at radius 3 is 3.07 bits per heavy atom. The Morgan fingerprint density at radius 2 is 2.47 bits per heavy atom. The van der Waals surface area contributed by atoms with E-state index in [1.807, 2.05) is 0 Å². The quantitative estimate of drug-likeness (QED) is 0.843. The molecule has 0 aromatic carbocycles. The summed E-state index contributed by atoms with van der Waals surface area (Å²) in [7, 11) is 2.21. The first-order valence-electron chi connectivity index (χ1n) is 5.68. The molecule has 0 saturated carbocycles. The number of rotatable bonds is 4. The number of nitrogens with one attached hydrogen (secondary N) is 1. The third-order valence-electron chi connectivity index (χ3n) is 3.23. The molecule has 15 heavy (non-hydrogen) atoms. The van der Waals surface area contributed by atoms with E-state index in [-0.39, 0.29) is 0 Å². The highest BCUT2D eigenvalue weighted by Gasteiger charge is 2.23. The Bertz CT molecular complexity index is 284. The smallest absolute Gasteiger partial charge is 0.0239 e. The van der Waals surface area contributed by atoms with Crippen LogP contribution >= 0.6 is 11.3 Å².